The average Bonchev–Trinajstić information content (AvgIpc) is 2.74. The number of nitrogens with zero attached hydrogens (tertiary/aromatic N) is 4. The fourth-order valence-corrected chi connectivity index (χ4v) is 4.02. The molecule has 2 aliphatic rings. The molecule has 1 aromatic heterocycles. The predicted molar refractivity (Wildman–Crippen MR) is 109 cm³/mol. The van der Waals surface area contributed by atoms with Crippen molar-refractivity contribution in [3.8, 4) is 0 Å². The Bertz CT molecular complexity index is 804. The minimum absolute atomic E-state index is 0.0528. The smallest absolute Gasteiger partial charge is 0.235 e. The topological polar surface area (TPSA) is 73.4 Å². The van der Waals surface area contributed by atoms with Crippen LogP contribution in [0.2, 0.25) is 0 Å². The highest BCUT2D eigenvalue weighted by Crippen LogP contribution is 2.27. The molecule has 0 radical (unpaired) electrons. The molecule has 2 fully saturated rings. The van der Waals surface area contributed by atoms with E-state index in [9.17, 15) is 4.79 Å². The summed E-state index contributed by atoms with van der Waals surface area (Å²) in [5.41, 5.74) is 7.23. The SMILES string of the molecule is CC(C)c1nccc(N2CCN(C3CC(=O)NNC3c3ccccc3)CC2)n1. The fraction of sp³-hybridized carbons (Fsp3) is 0.476. The number of carbonyl (C=O) groups is 1. The van der Waals surface area contributed by atoms with Gasteiger partial charge >= 0.3 is 0 Å². The van der Waals surface area contributed by atoms with Crippen LogP contribution in [0.15, 0.2) is 42.6 Å². The first-order valence-corrected chi connectivity index (χ1v) is 10.0. The molecule has 2 N–H and O–H groups in total. The van der Waals surface area contributed by atoms with Gasteiger partial charge in [-0.3, -0.25) is 15.1 Å². The summed E-state index contributed by atoms with van der Waals surface area (Å²) in [6, 6.07) is 12.6. The van der Waals surface area contributed by atoms with Gasteiger partial charge in [0.25, 0.3) is 0 Å². The van der Waals surface area contributed by atoms with Crippen molar-refractivity contribution in [1.82, 2.24) is 25.7 Å². The Hall–Kier alpha value is -2.51. The zero-order valence-corrected chi connectivity index (χ0v) is 16.5. The molecule has 148 valence electrons. The Morgan fingerprint density at radius 1 is 1.07 bits per heavy atom. The highest BCUT2D eigenvalue weighted by molar-refractivity contribution is 5.77. The van der Waals surface area contributed by atoms with Crippen molar-refractivity contribution < 1.29 is 4.79 Å². The van der Waals surface area contributed by atoms with Crippen molar-refractivity contribution in [2.75, 3.05) is 31.1 Å². The summed E-state index contributed by atoms with van der Waals surface area (Å²) >= 11 is 0. The molecular weight excluding hydrogens is 352 g/mol. The van der Waals surface area contributed by atoms with Gasteiger partial charge in [-0.25, -0.2) is 15.4 Å². The Kier molecular flexibility index (Phi) is 5.54. The predicted octanol–water partition coefficient (Wildman–Crippen LogP) is 1.86. The number of piperazine rings is 1. The lowest BCUT2D eigenvalue weighted by Crippen LogP contribution is -2.60. The van der Waals surface area contributed by atoms with E-state index in [1.54, 1.807) is 0 Å². The van der Waals surface area contributed by atoms with Crippen molar-refractivity contribution in [2.45, 2.75) is 38.3 Å². The monoisotopic (exact) mass is 380 g/mol. The van der Waals surface area contributed by atoms with Crippen molar-refractivity contribution in [1.29, 1.82) is 0 Å². The average molecular weight is 380 g/mol. The van der Waals surface area contributed by atoms with Crippen LogP contribution in [-0.2, 0) is 4.79 Å². The fourth-order valence-electron chi connectivity index (χ4n) is 4.02. The van der Waals surface area contributed by atoms with Crippen LogP contribution in [0.3, 0.4) is 0 Å². The second-order valence-electron chi connectivity index (χ2n) is 7.80. The highest BCUT2D eigenvalue weighted by atomic mass is 16.2. The Morgan fingerprint density at radius 2 is 1.82 bits per heavy atom. The molecule has 2 aromatic rings. The van der Waals surface area contributed by atoms with E-state index < -0.39 is 0 Å². The lowest BCUT2D eigenvalue weighted by atomic mass is 9.93. The summed E-state index contributed by atoms with van der Waals surface area (Å²) in [5, 5.41) is 0. The Balaban J connectivity index is 1.46. The van der Waals surface area contributed by atoms with Gasteiger partial charge in [0.2, 0.25) is 5.91 Å². The van der Waals surface area contributed by atoms with Crippen molar-refractivity contribution >= 4 is 11.7 Å². The number of hydrogen-bond acceptors (Lipinski definition) is 6. The van der Waals surface area contributed by atoms with E-state index in [1.165, 1.54) is 5.56 Å². The molecule has 7 nitrogen and oxygen atoms in total. The van der Waals surface area contributed by atoms with Crippen LogP contribution in [0.5, 0.6) is 0 Å². The lowest BCUT2D eigenvalue weighted by molar-refractivity contribution is -0.126. The third-order valence-electron chi connectivity index (χ3n) is 5.59. The quantitative estimate of drug-likeness (QED) is 0.844. The second kappa shape index (κ2) is 8.24. The summed E-state index contributed by atoms with van der Waals surface area (Å²) in [7, 11) is 0. The molecule has 1 amide bonds. The van der Waals surface area contributed by atoms with Crippen LogP contribution in [-0.4, -0.2) is 53.0 Å². The van der Waals surface area contributed by atoms with Crippen molar-refractivity contribution in [3.05, 3.63) is 54.0 Å². The van der Waals surface area contributed by atoms with Gasteiger partial charge in [0.1, 0.15) is 11.6 Å². The number of amides is 1. The zero-order valence-electron chi connectivity index (χ0n) is 16.5. The maximum absolute atomic E-state index is 12.1. The van der Waals surface area contributed by atoms with E-state index in [0.29, 0.717) is 12.3 Å². The lowest BCUT2D eigenvalue weighted by Gasteiger charge is -2.44. The van der Waals surface area contributed by atoms with Crippen LogP contribution in [0.1, 0.15) is 43.6 Å². The number of benzene rings is 1. The molecule has 2 unspecified atom stereocenters. The Labute approximate surface area is 166 Å². The summed E-state index contributed by atoms with van der Waals surface area (Å²) < 4.78 is 0. The van der Waals surface area contributed by atoms with Crippen molar-refractivity contribution in [3.63, 3.8) is 0 Å². The summed E-state index contributed by atoms with van der Waals surface area (Å²) in [5.74, 6) is 2.26. The second-order valence-corrected chi connectivity index (χ2v) is 7.80. The number of aromatic nitrogens is 2. The van der Waals surface area contributed by atoms with Gasteiger partial charge in [0.05, 0.1) is 6.04 Å². The van der Waals surface area contributed by atoms with Crippen LogP contribution < -0.4 is 15.8 Å². The van der Waals surface area contributed by atoms with Gasteiger partial charge in [0.15, 0.2) is 0 Å². The van der Waals surface area contributed by atoms with E-state index in [-0.39, 0.29) is 18.0 Å². The molecule has 2 aliphatic heterocycles. The normalized spacial score (nSPS) is 23.7. The molecule has 0 aliphatic carbocycles. The van der Waals surface area contributed by atoms with E-state index in [0.717, 1.165) is 37.8 Å². The number of carbonyl (C=O) groups excluding carboxylic acids is 1. The molecule has 4 rings (SSSR count). The third-order valence-corrected chi connectivity index (χ3v) is 5.59. The number of anilines is 1. The van der Waals surface area contributed by atoms with Gasteiger partial charge in [-0.15, -0.1) is 0 Å². The first kappa shape index (κ1) is 18.8. The molecule has 0 spiro atoms. The van der Waals surface area contributed by atoms with Crippen LogP contribution in [0.4, 0.5) is 5.82 Å². The first-order chi connectivity index (χ1) is 13.6. The Morgan fingerprint density at radius 3 is 2.54 bits per heavy atom. The van der Waals surface area contributed by atoms with E-state index in [4.69, 9.17) is 4.98 Å². The van der Waals surface area contributed by atoms with Gasteiger partial charge in [-0.1, -0.05) is 44.2 Å². The van der Waals surface area contributed by atoms with Gasteiger partial charge < -0.3 is 4.90 Å². The molecule has 2 atom stereocenters. The summed E-state index contributed by atoms with van der Waals surface area (Å²) in [6.45, 7) is 7.83. The third kappa shape index (κ3) is 4.00. The molecule has 7 heteroatoms. The molecule has 2 saturated heterocycles. The standard InChI is InChI=1S/C21H28N6O/c1-15(2)21-22-9-8-18(23-21)27-12-10-26(11-13-27)17-14-19(28)24-25-20(17)16-6-4-3-5-7-16/h3-9,15,17,20,25H,10-14H2,1-2H3,(H,24,28). The molecule has 28 heavy (non-hydrogen) atoms. The maximum Gasteiger partial charge on any atom is 0.235 e. The van der Waals surface area contributed by atoms with Gasteiger partial charge in [0, 0.05) is 50.8 Å². The number of nitrogens with one attached hydrogen (secondary N) is 2. The zero-order chi connectivity index (χ0) is 19.5. The highest BCUT2D eigenvalue weighted by Gasteiger charge is 2.36. The molecular formula is C21H28N6O. The van der Waals surface area contributed by atoms with Crippen LogP contribution in [0.25, 0.3) is 0 Å². The summed E-state index contributed by atoms with van der Waals surface area (Å²) in [6.07, 6.45) is 2.36. The maximum atomic E-state index is 12.1. The van der Waals surface area contributed by atoms with Gasteiger partial charge in [-0.05, 0) is 11.6 Å². The molecule has 0 bridgehead atoms. The van der Waals surface area contributed by atoms with E-state index in [1.807, 2.05) is 30.5 Å². The molecule has 3 heterocycles. The number of hydrazine groups is 1. The minimum Gasteiger partial charge on any atom is -0.354 e. The van der Waals surface area contributed by atoms with Crippen LogP contribution in [0, 0.1) is 0 Å². The summed E-state index contributed by atoms with van der Waals surface area (Å²) in [4.78, 5) is 25.9. The molecule has 0 saturated carbocycles. The minimum atomic E-state index is 0.0528. The largest absolute Gasteiger partial charge is 0.354 e. The first-order valence-electron chi connectivity index (χ1n) is 10.0. The molecule has 1 aromatic carbocycles. The van der Waals surface area contributed by atoms with E-state index >= 15 is 0 Å². The van der Waals surface area contributed by atoms with Crippen LogP contribution >= 0.6 is 0 Å². The number of rotatable bonds is 4. The van der Waals surface area contributed by atoms with Crippen molar-refractivity contribution in [2.24, 2.45) is 0 Å². The van der Waals surface area contributed by atoms with E-state index in [2.05, 4.69) is 51.6 Å². The number of hydrogen-bond donors (Lipinski definition) is 2. The van der Waals surface area contributed by atoms with Gasteiger partial charge in [-0.2, -0.15) is 0 Å².